The van der Waals surface area contributed by atoms with Gasteiger partial charge in [0, 0.05) is 26.8 Å². The van der Waals surface area contributed by atoms with E-state index < -0.39 is 0 Å². The van der Waals surface area contributed by atoms with Crippen LogP contribution in [0.3, 0.4) is 0 Å². The van der Waals surface area contributed by atoms with Gasteiger partial charge in [0.1, 0.15) is 0 Å². The minimum Gasteiger partial charge on any atom is -0.355 e. The lowest BCUT2D eigenvalue weighted by Gasteiger charge is -1.93. The number of benzene rings is 2. The minimum atomic E-state index is 0.781. The van der Waals surface area contributed by atoms with E-state index in [1.165, 1.54) is 21.9 Å². The van der Waals surface area contributed by atoms with E-state index in [4.69, 9.17) is 11.6 Å². The number of H-pyrrole nitrogens is 1. The van der Waals surface area contributed by atoms with Crippen LogP contribution >= 0.6 is 11.6 Å². The van der Waals surface area contributed by atoms with Crippen LogP contribution in [0, 0.1) is 6.92 Å². The SMILES string of the molecule is CC.Cc1ccc2c(c1)[nH]c1ccc(Cl)cc12. The first kappa shape index (κ1) is 12.0. The van der Waals surface area contributed by atoms with E-state index in [1.54, 1.807) is 0 Å². The Hall–Kier alpha value is -1.47. The van der Waals surface area contributed by atoms with Gasteiger partial charge in [0.15, 0.2) is 0 Å². The largest absolute Gasteiger partial charge is 0.355 e. The second kappa shape index (κ2) is 4.80. The van der Waals surface area contributed by atoms with Gasteiger partial charge < -0.3 is 4.98 Å². The predicted octanol–water partition coefficient (Wildman–Crippen LogP) is 5.31. The number of nitrogens with one attached hydrogen (secondary N) is 1. The van der Waals surface area contributed by atoms with Crippen molar-refractivity contribution in [3.8, 4) is 0 Å². The number of fused-ring (bicyclic) bond motifs is 3. The molecule has 0 saturated carbocycles. The summed E-state index contributed by atoms with van der Waals surface area (Å²) in [6.07, 6.45) is 0. The van der Waals surface area contributed by atoms with Gasteiger partial charge in [0.2, 0.25) is 0 Å². The fourth-order valence-electron chi connectivity index (χ4n) is 1.99. The third kappa shape index (κ3) is 2.16. The Balaban J connectivity index is 0.000000514. The van der Waals surface area contributed by atoms with E-state index >= 15 is 0 Å². The Morgan fingerprint density at radius 1 is 0.882 bits per heavy atom. The van der Waals surface area contributed by atoms with Crippen LogP contribution in [0.25, 0.3) is 21.8 Å². The van der Waals surface area contributed by atoms with Crippen LogP contribution in [0.5, 0.6) is 0 Å². The zero-order valence-electron chi connectivity index (χ0n) is 10.3. The average Bonchev–Trinajstić information content (AvgIpc) is 2.68. The highest BCUT2D eigenvalue weighted by molar-refractivity contribution is 6.31. The summed E-state index contributed by atoms with van der Waals surface area (Å²) in [5.74, 6) is 0. The summed E-state index contributed by atoms with van der Waals surface area (Å²) in [6.45, 7) is 6.10. The number of halogens is 1. The maximum Gasteiger partial charge on any atom is 0.0467 e. The lowest BCUT2D eigenvalue weighted by atomic mass is 10.1. The van der Waals surface area contributed by atoms with Crippen LogP contribution in [0.15, 0.2) is 36.4 Å². The minimum absolute atomic E-state index is 0.781. The summed E-state index contributed by atoms with van der Waals surface area (Å²) in [7, 11) is 0. The van der Waals surface area contributed by atoms with E-state index in [-0.39, 0.29) is 0 Å². The van der Waals surface area contributed by atoms with Crippen LogP contribution in [-0.4, -0.2) is 4.98 Å². The molecule has 0 aliphatic heterocycles. The first-order valence-electron chi connectivity index (χ1n) is 5.92. The van der Waals surface area contributed by atoms with E-state index in [0.717, 1.165) is 10.5 Å². The van der Waals surface area contributed by atoms with E-state index in [2.05, 4.69) is 30.1 Å². The first-order chi connectivity index (χ1) is 8.24. The molecule has 17 heavy (non-hydrogen) atoms. The highest BCUT2D eigenvalue weighted by Crippen LogP contribution is 2.28. The summed E-state index contributed by atoms with van der Waals surface area (Å²) < 4.78 is 0. The molecular weight excluding hydrogens is 230 g/mol. The van der Waals surface area contributed by atoms with Crippen molar-refractivity contribution in [1.82, 2.24) is 4.98 Å². The fraction of sp³-hybridized carbons (Fsp3) is 0.200. The third-order valence-corrected chi connectivity index (χ3v) is 2.95. The van der Waals surface area contributed by atoms with Gasteiger partial charge >= 0.3 is 0 Å². The lowest BCUT2D eigenvalue weighted by Crippen LogP contribution is -1.70. The summed E-state index contributed by atoms with van der Waals surface area (Å²) in [5.41, 5.74) is 3.58. The molecule has 1 heterocycles. The molecule has 0 spiro atoms. The molecule has 1 N–H and O–H groups in total. The molecule has 0 atom stereocenters. The molecule has 0 radical (unpaired) electrons. The van der Waals surface area contributed by atoms with Crippen LogP contribution in [0.2, 0.25) is 5.02 Å². The Bertz CT molecular complexity index is 652. The van der Waals surface area contributed by atoms with Gasteiger partial charge in [0.05, 0.1) is 0 Å². The number of aryl methyl sites for hydroxylation is 1. The topological polar surface area (TPSA) is 15.8 Å². The van der Waals surface area contributed by atoms with Crippen molar-refractivity contribution in [3.63, 3.8) is 0 Å². The standard InChI is InChI=1S/C13H10ClN.C2H6/c1-8-2-4-10-11-7-9(14)3-5-12(11)15-13(10)6-8;1-2/h2-7,15H,1H3;1-2H3. The van der Waals surface area contributed by atoms with Gasteiger partial charge in [-0.15, -0.1) is 0 Å². The molecule has 2 heteroatoms. The molecule has 3 rings (SSSR count). The van der Waals surface area contributed by atoms with Crippen molar-refractivity contribution >= 4 is 33.4 Å². The van der Waals surface area contributed by atoms with Gasteiger partial charge in [-0.05, 0) is 36.8 Å². The van der Waals surface area contributed by atoms with Crippen LogP contribution < -0.4 is 0 Å². The number of rotatable bonds is 0. The molecule has 0 saturated heterocycles. The number of aromatic amines is 1. The predicted molar refractivity (Wildman–Crippen MR) is 76.9 cm³/mol. The van der Waals surface area contributed by atoms with Crippen molar-refractivity contribution in [2.45, 2.75) is 20.8 Å². The van der Waals surface area contributed by atoms with Crippen LogP contribution in [0.1, 0.15) is 19.4 Å². The lowest BCUT2D eigenvalue weighted by molar-refractivity contribution is 1.47. The average molecular weight is 246 g/mol. The molecule has 0 aliphatic carbocycles. The van der Waals surface area contributed by atoms with Crippen molar-refractivity contribution in [3.05, 3.63) is 47.0 Å². The fourth-order valence-corrected chi connectivity index (χ4v) is 2.16. The van der Waals surface area contributed by atoms with E-state index in [9.17, 15) is 0 Å². The maximum absolute atomic E-state index is 5.99. The van der Waals surface area contributed by atoms with Crippen LogP contribution in [0.4, 0.5) is 0 Å². The van der Waals surface area contributed by atoms with Gasteiger partial charge in [-0.25, -0.2) is 0 Å². The Morgan fingerprint density at radius 2 is 1.65 bits per heavy atom. The zero-order chi connectivity index (χ0) is 12.4. The van der Waals surface area contributed by atoms with Gasteiger partial charge in [-0.2, -0.15) is 0 Å². The van der Waals surface area contributed by atoms with Crippen molar-refractivity contribution < 1.29 is 0 Å². The Labute approximate surface area is 106 Å². The number of hydrogen-bond acceptors (Lipinski definition) is 0. The summed E-state index contributed by atoms with van der Waals surface area (Å²) in [4.78, 5) is 3.39. The van der Waals surface area contributed by atoms with E-state index in [1.807, 2.05) is 32.0 Å². The van der Waals surface area contributed by atoms with Gasteiger partial charge in [0.25, 0.3) is 0 Å². The summed E-state index contributed by atoms with van der Waals surface area (Å²) in [5, 5.41) is 3.21. The third-order valence-electron chi connectivity index (χ3n) is 2.72. The first-order valence-corrected chi connectivity index (χ1v) is 6.29. The van der Waals surface area contributed by atoms with E-state index in [0.29, 0.717) is 0 Å². The molecule has 0 unspecified atom stereocenters. The monoisotopic (exact) mass is 245 g/mol. The molecule has 88 valence electrons. The zero-order valence-corrected chi connectivity index (χ0v) is 11.1. The Morgan fingerprint density at radius 3 is 2.41 bits per heavy atom. The van der Waals surface area contributed by atoms with Gasteiger partial charge in [-0.3, -0.25) is 0 Å². The van der Waals surface area contributed by atoms with Crippen molar-refractivity contribution in [1.29, 1.82) is 0 Å². The highest BCUT2D eigenvalue weighted by atomic mass is 35.5. The molecule has 2 aromatic carbocycles. The molecular formula is C15H16ClN. The number of hydrogen-bond donors (Lipinski definition) is 1. The normalized spacial score (nSPS) is 10.4. The maximum atomic E-state index is 5.99. The molecule has 1 nitrogen and oxygen atoms in total. The molecule has 3 aromatic rings. The van der Waals surface area contributed by atoms with Gasteiger partial charge in [-0.1, -0.05) is 37.6 Å². The number of aromatic nitrogens is 1. The summed E-state index contributed by atoms with van der Waals surface area (Å²) >= 11 is 5.99. The molecule has 0 aliphatic rings. The molecule has 0 bridgehead atoms. The van der Waals surface area contributed by atoms with Crippen LogP contribution in [-0.2, 0) is 0 Å². The smallest absolute Gasteiger partial charge is 0.0467 e. The Kier molecular flexibility index (Phi) is 3.39. The second-order valence-electron chi connectivity index (χ2n) is 3.86. The second-order valence-corrected chi connectivity index (χ2v) is 4.30. The van der Waals surface area contributed by atoms with Crippen molar-refractivity contribution in [2.75, 3.05) is 0 Å². The molecule has 0 fully saturated rings. The quantitative estimate of drug-likeness (QED) is 0.553. The summed E-state index contributed by atoms with van der Waals surface area (Å²) in [6, 6.07) is 12.4. The van der Waals surface area contributed by atoms with Crippen molar-refractivity contribution in [2.24, 2.45) is 0 Å². The molecule has 0 amide bonds. The molecule has 1 aromatic heterocycles. The highest BCUT2D eigenvalue weighted by Gasteiger charge is 2.03.